The van der Waals surface area contributed by atoms with Gasteiger partial charge in [-0.15, -0.1) is 0 Å². The van der Waals surface area contributed by atoms with Crippen molar-refractivity contribution in [2.45, 2.75) is 32.9 Å². The first-order valence-corrected chi connectivity index (χ1v) is 10.9. The zero-order valence-electron chi connectivity index (χ0n) is 19.1. The van der Waals surface area contributed by atoms with E-state index in [2.05, 4.69) is 29.4 Å². The SMILES string of the molecule is CCOC(=O)C1=C(CN(CC)C(C)c2cccc(OC)c2)NC(=O)NC1c1ccccc1. The van der Waals surface area contributed by atoms with E-state index in [-0.39, 0.29) is 18.7 Å². The Balaban J connectivity index is 1.99. The first-order valence-electron chi connectivity index (χ1n) is 10.9. The Labute approximate surface area is 189 Å². The molecule has 2 atom stereocenters. The number of urea groups is 1. The summed E-state index contributed by atoms with van der Waals surface area (Å²) >= 11 is 0. The Morgan fingerprint density at radius 1 is 1.12 bits per heavy atom. The van der Waals surface area contributed by atoms with Gasteiger partial charge >= 0.3 is 12.0 Å². The van der Waals surface area contributed by atoms with Crippen LogP contribution in [0.15, 0.2) is 65.9 Å². The van der Waals surface area contributed by atoms with Crippen molar-refractivity contribution in [1.29, 1.82) is 0 Å². The Morgan fingerprint density at radius 2 is 1.88 bits per heavy atom. The molecule has 0 aromatic heterocycles. The van der Waals surface area contributed by atoms with Crippen molar-refractivity contribution in [1.82, 2.24) is 15.5 Å². The minimum atomic E-state index is -0.579. The second-order valence-electron chi connectivity index (χ2n) is 7.57. The number of nitrogens with one attached hydrogen (secondary N) is 2. The third kappa shape index (κ3) is 5.29. The van der Waals surface area contributed by atoms with E-state index in [0.717, 1.165) is 23.4 Å². The molecule has 32 heavy (non-hydrogen) atoms. The number of likely N-dealkylation sites (N-methyl/N-ethyl adjacent to an activating group) is 1. The van der Waals surface area contributed by atoms with Crippen LogP contribution in [0.25, 0.3) is 0 Å². The van der Waals surface area contributed by atoms with Crippen LogP contribution in [0.3, 0.4) is 0 Å². The lowest BCUT2D eigenvalue weighted by molar-refractivity contribution is -0.139. The molecular formula is C25H31N3O4. The van der Waals surface area contributed by atoms with Gasteiger partial charge in [0.1, 0.15) is 5.75 Å². The van der Waals surface area contributed by atoms with Crippen LogP contribution in [-0.4, -0.2) is 43.7 Å². The summed E-state index contributed by atoms with van der Waals surface area (Å²) in [5.74, 6) is 0.352. The van der Waals surface area contributed by atoms with Crippen LogP contribution in [0.5, 0.6) is 5.75 Å². The summed E-state index contributed by atoms with van der Waals surface area (Å²) in [5.41, 5.74) is 2.89. The molecule has 0 saturated heterocycles. The Bertz CT molecular complexity index is 974. The number of methoxy groups -OCH3 is 1. The molecule has 170 valence electrons. The molecule has 7 heteroatoms. The molecule has 0 aliphatic carbocycles. The highest BCUT2D eigenvalue weighted by atomic mass is 16.5. The first kappa shape index (κ1) is 23.3. The summed E-state index contributed by atoms with van der Waals surface area (Å²) < 4.78 is 10.7. The van der Waals surface area contributed by atoms with Crippen molar-refractivity contribution < 1.29 is 19.1 Å². The molecule has 2 amide bonds. The van der Waals surface area contributed by atoms with Crippen LogP contribution in [0.1, 0.15) is 44.0 Å². The molecule has 2 aromatic rings. The number of hydrogen-bond donors (Lipinski definition) is 2. The number of amides is 2. The van der Waals surface area contributed by atoms with Crippen LogP contribution in [-0.2, 0) is 9.53 Å². The molecule has 1 aliphatic rings. The number of hydrogen-bond acceptors (Lipinski definition) is 5. The van der Waals surface area contributed by atoms with Gasteiger partial charge in [-0.3, -0.25) is 4.90 Å². The molecule has 0 radical (unpaired) electrons. The summed E-state index contributed by atoms with van der Waals surface area (Å²) in [7, 11) is 1.64. The highest BCUT2D eigenvalue weighted by molar-refractivity contribution is 5.95. The van der Waals surface area contributed by atoms with E-state index in [1.54, 1.807) is 14.0 Å². The predicted octanol–water partition coefficient (Wildman–Crippen LogP) is 3.95. The number of carbonyl (C=O) groups excluding carboxylic acids is 2. The van der Waals surface area contributed by atoms with Gasteiger partial charge in [-0.2, -0.15) is 0 Å². The fraction of sp³-hybridized carbons (Fsp3) is 0.360. The van der Waals surface area contributed by atoms with Crippen molar-refractivity contribution in [2.75, 3.05) is 26.8 Å². The van der Waals surface area contributed by atoms with Crippen molar-refractivity contribution in [2.24, 2.45) is 0 Å². The average molecular weight is 438 g/mol. The molecule has 2 N–H and O–H groups in total. The number of nitrogens with zero attached hydrogens (tertiary/aromatic N) is 1. The fourth-order valence-electron chi connectivity index (χ4n) is 3.93. The molecule has 7 nitrogen and oxygen atoms in total. The van der Waals surface area contributed by atoms with Gasteiger partial charge in [-0.25, -0.2) is 9.59 Å². The quantitative estimate of drug-likeness (QED) is 0.581. The van der Waals surface area contributed by atoms with Gasteiger partial charge in [0.05, 0.1) is 25.3 Å². The second kappa shape index (κ2) is 10.8. The van der Waals surface area contributed by atoms with E-state index >= 15 is 0 Å². The largest absolute Gasteiger partial charge is 0.497 e. The number of rotatable bonds is 9. The molecule has 1 aliphatic heterocycles. The van der Waals surface area contributed by atoms with Crippen molar-refractivity contribution >= 4 is 12.0 Å². The minimum Gasteiger partial charge on any atom is -0.497 e. The molecular weight excluding hydrogens is 406 g/mol. The van der Waals surface area contributed by atoms with Crippen LogP contribution in [0, 0.1) is 0 Å². The lowest BCUT2D eigenvalue weighted by Crippen LogP contribution is -2.48. The number of ether oxygens (including phenoxy) is 2. The molecule has 2 unspecified atom stereocenters. The van der Waals surface area contributed by atoms with Gasteiger partial charge in [0.15, 0.2) is 0 Å². The summed E-state index contributed by atoms with van der Waals surface area (Å²) in [4.78, 5) is 27.7. The van der Waals surface area contributed by atoms with Crippen LogP contribution in [0.2, 0.25) is 0 Å². The molecule has 1 heterocycles. The van der Waals surface area contributed by atoms with E-state index in [1.165, 1.54) is 0 Å². The maximum Gasteiger partial charge on any atom is 0.338 e. The molecule has 0 fully saturated rings. The number of benzene rings is 2. The lowest BCUT2D eigenvalue weighted by atomic mass is 9.94. The topological polar surface area (TPSA) is 79.9 Å². The maximum absolute atomic E-state index is 13.0. The Morgan fingerprint density at radius 3 is 2.53 bits per heavy atom. The Kier molecular flexibility index (Phi) is 7.89. The molecule has 0 spiro atoms. The molecule has 2 aromatic carbocycles. The van der Waals surface area contributed by atoms with Gasteiger partial charge in [0.25, 0.3) is 0 Å². The maximum atomic E-state index is 13.0. The van der Waals surface area contributed by atoms with Crippen LogP contribution in [0.4, 0.5) is 4.79 Å². The van der Waals surface area contributed by atoms with Gasteiger partial charge in [-0.1, -0.05) is 49.4 Å². The number of esters is 1. The zero-order chi connectivity index (χ0) is 23.1. The zero-order valence-corrected chi connectivity index (χ0v) is 19.1. The van der Waals surface area contributed by atoms with Crippen molar-refractivity contribution in [3.8, 4) is 5.75 Å². The van der Waals surface area contributed by atoms with Crippen molar-refractivity contribution in [3.63, 3.8) is 0 Å². The summed E-state index contributed by atoms with van der Waals surface area (Å²) in [6.07, 6.45) is 0. The Hall–Kier alpha value is -3.32. The smallest absolute Gasteiger partial charge is 0.338 e. The third-order valence-electron chi connectivity index (χ3n) is 5.67. The summed E-state index contributed by atoms with van der Waals surface area (Å²) in [6.45, 7) is 7.28. The van der Waals surface area contributed by atoms with E-state index < -0.39 is 12.0 Å². The average Bonchev–Trinajstić information content (AvgIpc) is 2.82. The van der Waals surface area contributed by atoms with E-state index in [9.17, 15) is 9.59 Å². The third-order valence-corrected chi connectivity index (χ3v) is 5.67. The molecule has 0 bridgehead atoms. The van der Waals surface area contributed by atoms with Gasteiger partial charge < -0.3 is 20.1 Å². The second-order valence-corrected chi connectivity index (χ2v) is 7.57. The van der Waals surface area contributed by atoms with Crippen molar-refractivity contribution in [3.05, 3.63) is 77.0 Å². The highest BCUT2D eigenvalue weighted by Gasteiger charge is 2.34. The monoisotopic (exact) mass is 437 g/mol. The van der Waals surface area contributed by atoms with E-state index in [0.29, 0.717) is 17.8 Å². The van der Waals surface area contributed by atoms with Gasteiger partial charge in [0, 0.05) is 18.3 Å². The fourth-order valence-corrected chi connectivity index (χ4v) is 3.93. The lowest BCUT2D eigenvalue weighted by Gasteiger charge is -2.34. The standard InChI is InChI=1S/C25H31N3O4/c1-5-28(17(3)19-13-10-14-20(15-19)31-4)16-21-22(24(29)32-6-2)23(27-25(30)26-21)18-11-8-7-9-12-18/h7-15,17,23H,5-6,16H2,1-4H3,(H2,26,27,30). The first-order chi connectivity index (χ1) is 15.5. The normalized spacial score (nSPS) is 16.9. The summed E-state index contributed by atoms with van der Waals surface area (Å²) in [5, 5.41) is 5.74. The van der Waals surface area contributed by atoms with Gasteiger partial charge in [0.2, 0.25) is 0 Å². The van der Waals surface area contributed by atoms with Crippen LogP contribution < -0.4 is 15.4 Å². The van der Waals surface area contributed by atoms with Gasteiger partial charge in [-0.05, 0) is 43.7 Å². The summed E-state index contributed by atoms with van der Waals surface area (Å²) in [6, 6.07) is 16.5. The van der Waals surface area contributed by atoms with E-state index in [1.807, 2.05) is 54.6 Å². The molecule has 0 saturated carbocycles. The minimum absolute atomic E-state index is 0.0352. The highest BCUT2D eigenvalue weighted by Crippen LogP contribution is 2.30. The predicted molar refractivity (Wildman–Crippen MR) is 123 cm³/mol. The van der Waals surface area contributed by atoms with Crippen LogP contribution >= 0.6 is 0 Å². The molecule has 3 rings (SSSR count). The number of carbonyl (C=O) groups is 2. The van der Waals surface area contributed by atoms with E-state index in [4.69, 9.17) is 9.47 Å².